The smallest absolute Gasteiger partial charge is 0.144 e. The Morgan fingerprint density at radius 2 is 1.72 bits per heavy atom. The first kappa shape index (κ1) is 11.1. The van der Waals surface area contributed by atoms with Crippen molar-refractivity contribution in [2.24, 2.45) is 0 Å². The van der Waals surface area contributed by atoms with Gasteiger partial charge in [0.15, 0.2) is 0 Å². The molecule has 0 amide bonds. The van der Waals surface area contributed by atoms with Crippen molar-refractivity contribution in [3.05, 3.63) is 66.6 Å². The van der Waals surface area contributed by atoms with E-state index < -0.39 is 0 Å². The standard InChI is InChI=1S/C14H12ClN3/c15-10-12-11-16-18(13-6-2-1-3-7-13)14(12)17-8-4-5-9-17/h1-9,11H,10H2. The monoisotopic (exact) mass is 257 g/mol. The Kier molecular flexibility index (Phi) is 2.90. The van der Waals surface area contributed by atoms with E-state index in [9.17, 15) is 0 Å². The van der Waals surface area contributed by atoms with Crippen LogP contribution in [0.2, 0.25) is 0 Å². The van der Waals surface area contributed by atoms with Crippen molar-refractivity contribution in [1.82, 2.24) is 14.3 Å². The average Bonchev–Trinajstić information content (AvgIpc) is 3.08. The predicted octanol–water partition coefficient (Wildman–Crippen LogP) is 3.40. The minimum absolute atomic E-state index is 0.445. The Morgan fingerprint density at radius 1 is 1.00 bits per heavy atom. The van der Waals surface area contributed by atoms with Gasteiger partial charge in [-0.1, -0.05) is 18.2 Å². The molecule has 0 atom stereocenters. The highest BCUT2D eigenvalue weighted by Crippen LogP contribution is 2.20. The molecule has 3 nitrogen and oxygen atoms in total. The van der Waals surface area contributed by atoms with Gasteiger partial charge in [-0.05, 0) is 24.3 Å². The molecule has 3 rings (SSSR count). The molecule has 1 aromatic carbocycles. The van der Waals surface area contributed by atoms with Crippen LogP contribution < -0.4 is 0 Å². The fraction of sp³-hybridized carbons (Fsp3) is 0.0714. The third-order valence-electron chi connectivity index (χ3n) is 2.81. The zero-order valence-corrected chi connectivity index (χ0v) is 10.5. The number of benzene rings is 1. The van der Waals surface area contributed by atoms with Crippen molar-refractivity contribution in [3.8, 4) is 11.5 Å². The van der Waals surface area contributed by atoms with Crippen LogP contribution >= 0.6 is 11.6 Å². The molecular formula is C14H12ClN3. The summed E-state index contributed by atoms with van der Waals surface area (Å²) in [5, 5.41) is 4.42. The summed E-state index contributed by atoms with van der Waals surface area (Å²) in [7, 11) is 0. The van der Waals surface area contributed by atoms with Crippen LogP contribution in [0.5, 0.6) is 0 Å². The number of para-hydroxylation sites is 1. The second kappa shape index (κ2) is 4.70. The normalized spacial score (nSPS) is 10.7. The van der Waals surface area contributed by atoms with Crippen LogP contribution in [0, 0.1) is 0 Å². The van der Waals surface area contributed by atoms with Gasteiger partial charge in [-0.15, -0.1) is 11.6 Å². The highest BCUT2D eigenvalue weighted by molar-refractivity contribution is 6.17. The summed E-state index contributed by atoms with van der Waals surface area (Å²) in [6.45, 7) is 0. The minimum Gasteiger partial charge on any atom is -0.308 e. The molecule has 4 heteroatoms. The Hall–Kier alpha value is -2.00. The number of hydrogen-bond acceptors (Lipinski definition) is 1. The van der Waals surface area contributed by atoms with E-state index in [0.717, 1.165) is 17.1 Å². The summed E-state index contributed by atoms with van der Waals surface area (Å²) >= 11 is 5.98. The van der Waals surface area contributed by atoms with E-state index in [-0.39, 0.29) is 0 Å². The summed E-state index contributed by atoms with van der Waals surface area (Å²) < 4.78 is 3.93. The molecule has 0 bridgehead atoms. The molecule has 0 aliphatic carbocycles. The van der Waals surface area contributed by atoms with Crippen molar-refractivity contribution in [1.29, 1.82) is 0 Å². The van der Waals surface area contributed by atoms with E-state index in [1.165, 1.54) is 0 Å². The number of alkyl halides is 1. The van der Waals surface area contributed by atoms with Gasteiger partial charge in [-0.2, -0.15) is 5.10 Å². The molecule has 0 fully saturated rings. The van der Waals surface area contributed by atoms with Gasteiger partial charge in [-0.3, -0.25) is 0 Å². The lowest BCUT2D eigenvalue weighted by Gasteiger charge is -2.09. The van der Waals surface area contributed by atoms with E-state index in [1.54, 1.807) is 0 Å². The molecule has 0 aliphatic rings. The second-order valence-corrected chi connectivity index (χ2v) is 4.23. The molecule has 18 heavy (non-hydrogen) atoms. The van der Waals surface area contributed by atoms with E-state index in [4.69, 9.17) is 11.6 Å². The lowest BCUT2D eigenvalue weighted by Crippen LogP contribution is -2.05. The van der Waals surface area contributed by atoms with Crippen LogP contribution in [0.15, 0.2) is 61.1 Å². The highest BCUT2D eigenvalue weighted by Gasteiger charge is 2.12. The lowest BCUT2D eigenvalue weighted by molar-refractivity contribution is 0.821. The maximum atomic E-state index is 5.98. The molecule has 0 aliphatic heterocycles. The first-order valence-electron chi connectivity index (χ1n) is 5.72. The van der Waals surface area contributed by atoms with Crippen LogP contribution in [-0.2, 0) is 5.88 Å². The van der Waals surface area contributed by atoms with E-state index >= 15 is 0 Å². The van der Waals surface area contributed by atoms with E-state index in [0.29, 0.717) is 5.88 Å². The molecule has 2 heterocycles. The number of hydrogen-bond donors (Lipinski definition) is 0. The van der Waals surface area contributed by atoms with Crippen molar-refractivity contribution in [2.75, 3.05) is 0 Å². The Labute approximate surface area is 110 Å². The third-order valence-corrected chi connectivity index (χ3v) is 3.10. The maximum absolute atomic E-state index is 5.98. The predicted molar refractivity (Wildman–Crippen MR) is 72.4 cm³/mol. The number of rotatable bonds is 3. The van der Waals surface area contributed by atoms with Crippen molar-refractivity contribution >= 4 is 11.6 Å². The van der Waals surface area contributed by atoms with Gasteiger partial charge in [0.1, 0.15) is 5.82 Å². The van der Waals surface area contributed by atoms with Crippen molar-refractivity contribution in [3.63, 3.8) is 0 Å². The molecule has 0 saturated carbocycles. The summed E-state index contributed by atoms with van der Waals surface area (Å²) in [4.78, 5) is 0. The highest BCUT2D eigenvalue weighted by atomic mass is 35.5. The molecule has 2 aromatic heterocycles. The van der Waals surface area contributed by atoms with Crippen LogP contribution in [0.25, 0.3) is 11.5 Å². The van der Waals surface area contributed by atoms with Crippen LogP contribution in [0.1, 0.15) is 5.56 Å². The van der Waals surface area contributed by atoms with Gasteiger partial charge in [0.2, 0.25) is 0 Å². The maximum Gasteiger partial charge on any atom is 0.144 e. The number of nitrogens with zero attached hydrogens (tertiary/aromatic N) is 3. The van der Waals surface area contributed by atoms with Crippen molar-refractivity contribution in [2.45, 2.75) is 5.88 Å². The molecule has 90 valence electrons. The number of halogens is 1. The lowest BCUT2D eigenvalue weighted by atomic mass is 10.3. The fourth-order valence-electron chi connectivity index (χ4n) is 1.98. The molecule has 3 aromatic rings. The topological polar surface area (TPSA) is 22.8 Å². The van der Waals surface area contributed by atoms with E-state index in [2.05, 4.69) is 5.10 Å². The quantitative estimate of drug-likeness (QED) is 0.660. The average molecular weight is 258 g/mol. The fourth-order valence-corrected chi connectivity index (χ4v) is 2.17. The second-order valence-electron chi connectivity index (χ2n) is 3.96. The minimum atomic E-state index is 0.445. The van der Waals surface area contributed by atoms with Crippen LogP contribution in [-0.4, -0.2) is 14.3 Å². The van der Waals surface area contributed by atoms with Crippen LogP contribution in [0.3, 0.4) is 0 Å². The van der Waals surface area contributed by atoms with Gasteiger partial charge in [0.25, 0.3) is 0 Å². The van der Waals surface area contributed by atoms with E-state index in [1.807, 2.05) is 70.3 Å². The van der Waals surface area contributed by atoms with Gasteiger partial charge in [-0.25, -0.2) is 4.68 Å². The van der Waals surface area contributed by atoms with Crippen LogP contribution in [0.4, 0.5) is 0 Å². The van der Waals surface area contributed by atoms with Gasteiger partial charge in [0, 0.05) is 18.0 Å². The largest absolute Gasteiger partial charge is 0.308 e. The summed E-state index contributed by atoms with van der Waals surface area (Å²) in [5.74, 6) is 1.43. The molecule has 0 N–H and O–H groups in total. The Morgan fingerprint density at radius 3 is 2.39 bits per heavy atom. The molecule has 0 radical (unpaired) electrons. The van der Waals surface area contributed by atoms with Gasteiger partial charge in [0.05, 0.1) is 17.8 Å². The summed E-state index contributed by atoms with van der Waals surface area (Å²) in [5.41, 5.74) is 2.04. The van der Waals surface area contributed by atoms with Gasteiger partial charge < -0.3 is 4.57 Å². The number of aromatic nitrogens is 3. The first-order chi connectivity index (χ1) is 8.90. The van der Waals surface area contributed by atoms with Gasteiger partial charge >= 0.3 is 0 Å². The molecule has 0 saturated heterocycles. The summed E-state index contributed by atoms with van der Waals surface area (Å²) in [6.07, 6.45) is 5.80. The zero-order valence-electron chi connectivity index (χ0n) is 9.70. The zero-order chi connectivity index (χ0) is 12.4. The SMILES string of the molecule is ClCc1cnn(-c2ccccc2)c1-n1cccc1. The Bertz CT molecular complexity index is 626. The molecular weight excluding hydrogens is 246 g/mol. The summed E-state index contributed by atoms with van der Waals surface area (Å²) in [6, 6.07) is 14.0. The molecule has 0 spiro atoms. The first-order valence-corrected chi connectivity index (χ1v) is 6.25. The Balaban J connectivity index is 2.20. The van der Waals surface area contributed by atoms with Crippen molar-refractivity contribution < 1.29 is 0 Å². The molecule has 0 unspecified atom stereocenters. The third kappa shape index (κ3) is 1.83.